The third-order valence-electron chi connectivity index (χ3n) is 5.65. The first-order chi connectivity index (χ1) is 11.6. The molecule has 1 aromatic heterocycles. The summed E-state index contributed by atoms with van der Waals surface area (Å²) in [4.78, 5) is 17.3. The average Bonchev–Trinajstić information content (AvgIpc) is 3.17. The highest BCUT2D eigenvalue weighted by Gasteiger charge is 2.26. The molecule has 1 atom stereocenters. The Morgan fingerprint density at radius 1 is 1.12 bits per heavy atom. The number of hydrogen-bond donors (Lipinski definition) is 1. The lowest BCUT2D eigenvalue weighted by molar-refractivity contribution is -0.120. The maximum atomic E-state index is 12.5. The Balaban J connectivity index is 1.69. The van der Waals surface area contributed by atoms with Crippen molar-refractivity contribution >= 4 is 17.7 Å². The Morgan fingerprint density at radius 2 is 1.75 bits per heavy atom. The van der Waals surface area contributed by atoms with Gasteiger partial charge in [0.1, 0.15) is 0 Å². The summed E-state index contributed by atoms with van der Waals surface area (Å²) in [5, 5.41) is 4.17. The van der Waals surface area contributed by atoms with Gasteiger partial charge >= 0.3 is 0 Å². The summed E-state index contributed by atoms with van der Waals surface area (Å²) in [6, 6.07) is 0.953. The van der Waals surface area contributed by atoms with Crippen LogP contribution in [0.1, 0.15) is 82.1 Å². The van der Waals surface area contributed by atoms with Gasteiger partial charge < -0.3 is 9.88 Å². The van der Waals surface area contributed by atoms with Gasteiger partial charge in [-0.05, 0) is 46.5 Å². The number of aryl methyl sites for hydroxylation is 1. The molecular weight excluding hydrogens is 318 g/mol. The summed E-state index contributed by atoms with van der Waals surface area (Å²) >= 11 is 1.63. The smallest absolute Gasteiger partial charge is 0.233 e. The largest absolute Gasteiger partial charge is 0.352 e. The Kier molecular flexibility index (Phi) is 5.90. The first kappa shape index (κ1) is 17.8. The van der Waals surface area contributed by atoms with Crippen molar-refractivity contribution in [3.8, 4) is 0 Å². The second-order valence-electron chi connectivity index (χ2n) is 7.48. The summed E-state index contributed by atoms with van der Waals surface area (Å²) in [7, 11) is 0. The van der Waals surface area contributed by atoms with Crippen molar-refractivity contribution < 1.29 is 4.79 Å². The van der Waals surface area contributed by atoms with Gasteiger partial charge in [0.05, 0.1) is 10.9 Å². The highest BCUT2D eigenvalue weighted by atomic mass is 32.2. The van der Waals surface area contributed by atoms with Crippen LogP contribution in [0, 0.1) is 13.8 Å². The van der Waals surface area contributed by atoms with Crippen LogP contribution in [0.4, 0.5) is 0 Å². The van der Waals surface area contributed by atoms with Gasteiger partial charge in [0.2, 0.25) is 5.91 Å². The molecule has 0 saturated heterocycles. The number of nitrogens with zero attached hydrogens (tertiary/aromatic N) is 2. The number of hydrogen-bond acceptors (Lipinski definition) is 3. The number of carbonyl (C=O) groups is 1. The summed E-state index contributed by atoms with van der Waals surface area (Å²) in [6.07, 6.45) is 11.2. The molecule has 3 rings (SSSR count). The Labute approximate surface area is 150 Å². The van der Waals surface area contributed by atoms with Gasteiger partial charge in [-0.25, -0.2) is 4.98 Å². The third-order valence-corrected chi connectivity index (χ3v) is 6.71. The molecule has 2 aliphatic rings. The van der Waals surface area contributed by atoms with Crippen LogP contribution < -0.4 is 5.32 Å². The summed E-state index contributed by atoms with van der Waals surface area (Å²) in [6.45, 7) is 6.27. The quantitative estimate of drug-likeness (QED) is 0.794. The lowest BCUT2D eigenvalue weighted by Crippen LogP contribution is -2.37. The molecule has 5 heteroatoms. The summed E-state index contributed by atoms with van der Waals surface area (Å²) in [5.41, 5.74) is 2.37. The number of imidazole rings is 1. The van der Waals surface area contributed by atoms with E-state index in [-0.39, 0.29) is 11.2 Å². The normalized spacial score (nSPS) is 21.1. The maximum Gasteiger partial charge on any atom is 0.233 e. The molecule has 4 nitrogen and oxygen atoms in total. The molecule has 2 saturated carbocycles. The molecule has 134 valence electrons. The predicted octanol–water partition coefficient (Wildman–Crippen LogP) is 4.54. The highest BCUT2D eigenvalue weighted by molar-refractivity contribution is 8.00. The topological polar surface area (TPSA) is 46.9 Å². The number of thioether (sulfide) groups is 1. The van der Waals surface area contributed by atoms with Crippen molar-refractivity contribution in [2.45, 2.75) is 101 Å². The fourth-order valence-electron chi connectivity index (χ4n) is 4.05. The molecule has 0 unspecified atom stereocenters. The van der Waals surface area contributed by atoms with E-state index in [1.807, 2.05) is 6.92 Å². The number of nitrogens with one attached hydrogen (secondary N) is 1. The van der Waals surface area contributed by atoms with E-state index in [9.17, 15) is 4.79 Å². The van der Waals surface area contributed by atoms with Gasteiger partial charge in [-0.2, -0.15) is 0 Å². The molecule has 1 aromatic rings. The van der Waals surface area contributed by atoms with E-state index >= 15 is 0 Å². The molecule has 1 heterocycles. The fraction of sp³-hybridized carbons (Fsp3) is 0.789. The zero-order valence-electron chi connectivity index (χ0n) is 15.3. The minimum absolute atomic E-state index is 0.0888. The van der Waals surface area contributed by atoms with Gasteiger partial charge in [0.25, 0.3) is 0 Å². The van der Waals surface area contributed by atoms with Crippen molar-refractivity contribution in [3.05, 3.63) is 11.4 Å². The Hall–Kier alpha value is -0.970. The van der Waals surface area contributed by atoms with Gasteiger partial charge in [-0.15, -0.1) is 0 Å². The summed E-state index contributed by atoms with van der Waals surface area (Å²) in [5.74, 6) is 0.167. The van der Waals surface area contributed by atoms with Crippen molar-refractivity contribution in [1.82, 2.24) is 14.9 Å². The van der Waals surface area contributed by atoms with Crippen molar-refractivity contribution in [2.75, 3.05) is 0 Å². The van der Waals surface area contributed by atoms with Crippen LogP contribution >= 0.6 is 11.8 Å². The zero-order valence-corrected chi connectivity index (χ0v) is 16.1. The molecule has 0 radical (unpaired) electrons. The van der Waals surface area contributed by atoms with E-state index in [0.29, 0.717) is 12.1 Å². The lowest BCUT2D eigenvalue weighted by Gasteiger charge is -2.26. The first-order valence-electron chi connectivity index (χ1n) is 9.58. The molecular formula is C19H31N3OS. The van der Waals surface area contributed by atoms with Crippen LogP contribution in [0.2, 0.25) is 0 Å². The van der Waals surface area contributed by atoms with Gasteiger partial charge in [-0.3, -0.25) is 4.79 Å². The van der Waals surface area contributed by atoms with Crippen molar-refractivity contribution in [1.29, 1.82) is 0 Å². The van der Waals surface area contributed by atoms with Gasteiger partial charge in [0.15, 0.2) is 5.16 Å². The van der Waals surface area contributed by atoms with E-state index in [0.717, 1.165) is 23.7 Å². The van der Waals surface area contributed by atoms with Crippen LogP contribution in [0.25, 0.3) is 0 Å². The highest BCUT2D eigenvalue weighted by Crippen LogP contribution is 2.35. The lowest BCUT2D eigenvalue weighted by atomic mass is 9.95. The average molecular weight is 350 g/mol. The molecule has 0 bridgehead atoms. The van der Waals surface area contributed by atoms with Crippen molar-refractivity contribution in [2.24, 2.45) is 0 Å². The maximum absolute atomic E-state index is 12.5. The number of amides is 1. The number of rotatable bonds is 5. The van der Waals surface area contributed by atoms with E-state index in [4.69, 9.17) is 4.98 Å². The minimum Gasteiger partial charge on any atom is -0.352 e. The Bertz CT molecular complexity index is 571. The summed E-state index contributed by atoms with van der Waals surface area (Å²) < 4.78 is 2.42. The molecule has 1 amide bonds. The molecule has 0 aromatic carbocycles. The van der Waals surface area contributed by atoms with Crippen LogP contribution in [0.15, 0.2) is 5.16 Å². The van der Waals surface area contributed by atoms with E-state index in [1.165, 1.54) is 50.6 Å². The fourth-order valence-corrected chi connectivity index (χ4v) is 5.13. The van der Waals surface area contributed by atoms with Gasteiger partial charge in [-0.1, -0.05) is 43.9 Å². The van der Waals surface area contributed by atoms with Crippen LogP contribution in [0.5, 0.6) is 0 Å². The predicted molar refractivity (Wildman–Crippen MR) is 99.5 cm³/mol. The second kappa shape index (κ2) is 7.94. The first-order valence-corrected chi connectivity index (χ1v) is 10.5. The van der Waals surface area contributed by atoms with E-state index < -0.39 is 0 Å². The number of carbonyl (C=O) groups excluding carboxylic acids is 1. The van der Waals surface area contributed by atoms with Crippen LogP contribution in [0.3, 0.4) is 0 Å². The molecule has 0 aliphatic heterocycles. The van der Waals surface area contributed by atoms with Gasteiger partial charge in [0, 0.05) is 17.8 Å². The molecule has 2 fully saturated rings. The number of aromatic nitrogens is 2. The van der Waals surface area contributed by atoms with E-state index in [1.54, 1.807) is 11.8 Å². The van der Waals surface area contributed by atoms with E-state index in [2.05, 4.69) is 23.7 Å². The van der Waals surface area contributed by atoms with Crippen LogP contribution in [-0.4, -0.2) is 26.8 Å². The molecule has 24 heavy (non-hydrogen) atoms. The SMILES string of the molecule is Cc1nc(S[C@H](C)C(=O)NC2CCCC2)n(C2CCCCC2)c1C. The second-order valence-corrected chi connectivity index (χ2v) is 8.79. The minimum atomic E-state index is -0.0888. The molecule has 1 N–H and O–H groups in total. The van der Waals surface area contributed by atoms with Crippen LogP contribution in [-0.2, 0) is 4.79 Å². The molecule has 0 spiro atoms. The standard InChI is InChI=1S/C19H31N3OS/c1-13-14(2)22(17-11-5-4-6-12-17)19(20-13)24-15(3)18(23)21-16-9-7-8-10-16/h15-17H,4-12H2,1-3H3,(H,21,23)/t15-/m1/s1. The van der Waals surface area contributed by atoms with Crippen molar-refractivity contribution in [3.63, 3.8) is 0 Å². The zero-order chi connectivity index (χ0) is 17.1. The monoisotopic (exact) mass is 349 g/mol. The Morgan fingerprint density at radius 3 is 2.42 bits per heavy atom. The molecule has 2 aliphatic carbocycles. The third kappa shape index (κ3) is 3.98.